The first-order valence-electron chi connectivity index (χ1n) is 2.87. The number of terminal acetylenes is 1. The lowest BCUT2D eigenvalue weighted by Crippen LogP contribution is -1.69. The molecule has 48 valence electrons. The number of alkyl halides is 1. The van der Waals surface area contributed by atoms with Gasteiger partial charge in [0.25, 0.3) is 0 Å². The lowest BCUT2D eigenvalue weighted by atomic mass is 10.2. The zero-order chi connectivity index (χ0) is 6.95. The van der Waals surface area contributed by atoms with Crippen LogP contribution < -0.4 is 0 Å². The maximum atomic E-state index is 5.30. The second-order valence-electron chi connectivity index (χ2n) is 1.54. The van der Waals surface area contributed by atoms with E-state index < -0.39 is 0 Å². The van der Waals surface area contributed by atoms with Crippen LogP contribution in [-0.2, 0) is 0 Å². The smallest absolute Gasteiger partial charge is 0.0835 e. The van der Waals surface area contributed by atoms with Crippen molar-refractivity contribution < 1.29 is 0 Å². The molecule has 0 aliphatic heterocycles. The van der Waals surface area contributed by atoms with Gasteiger partial charge < -0.3 is 0 Å². The van der Waals surface area contributed by atoms with Gasteiger partial charge in [-0.1, -0.05) is 5.92 Å². The third-order valence-corrected chi connectivity index (χ3v) is 0.948. The van der Waals surface area contributed by atoms with Crippen molar-refractivity contribution in [3.63, 3.8) is 0 Å². The Balaban J connectivity index is 3.01. The fraction of sp³-hybridized carbons (Fsp3) is 0.500. The van der Waals surface area contributed by atoms with Crippen molar-refractivity contribution in [2.24, 2.45) is 0 Å². The molecule has 0 heterocycles. The standard InChI is InChI=1S/C8H9Cl/c1-2-3-4-5-6-7-8-9/h1H,3-5,8H2. The van der Waals surface area contributed by atoms with Crippen LogP contribution in [0.2, 0.25) is 0 Å². The molecule has 9 heavy (non-hydrogen) atoms. The van der Waals surface area contributed by atoms with E-state index in [2.05, 4.69) is 17.8 Å². The predicted molar refractivity (Wildman–Crippen MR) is 41.2 cm³/mol. The van der Waals surface area contributed by atoms with Gasteiger partial charge in [-0.3, -0.25) is 0 Å². The maximum Gasteiger partial charge on any atom is 0.0835 e. The highest BCUT2D eigenvalue weighted by Gasteiger charge is 1.76. The van der Waals surface area contributed by atoms with E-state index in [1.54, 1.807) is 0 Å². The average molecular weight is 141 g/mol. The molecule has 0 atom stereocenters. The fourth-order valence-corrected chi connectivity index (χ4v) is 0.509. The molecule has 0 fully saturated rings. The molecule has 0 bridgehead atoms. The molecule has 0 amide bonds. The number of hydrogen-bond acceptors (Lipinski definition) is 0. The van der Waals surface area contributed by atoms with Crippen LogP contribution >= 0.6 is 11.6 Å². The number of hydrogen-bond donors (Lipinski definition) is 0. The molecule has 0 aromatic heterocycles. The van der Waals surface area contributed by atoms with Crippen LogP contribution in [0.25, 0.3) is 0 Å². The molecule has 0 aromatic carbocycles. The van der Waals surface area contributed by atoms with Gasteiger partial charge in [-0.25, -0.2) is 0 Å². The Kier molecular flexibility index (Phi) is 6.92. The van der Waals surface area contributed by atoms with E-state index in [-0.39, 0.29) is 0 Å². The van der Waals surface area contributed by atoms with Gasteiger partial charge in [-0.2, -0.15) is 0 Å². The lowest BCUT2D eigenvalue weighted by molar-refractivity contribution is 0.904. The van der Waals surface area contributed by atoms with Gasteiger partial charge >= 0.3 is 0 Å². The minimum atomic E-state index is 0.427. The van der Waals surface area contributed by atoms with E-state index in [0.717, 1.165) is 19.3 Å². The Labute approximate surface area is 61.6 Å². The summed E-state index contributed by atoms with van der Waals surface area (Å²) in [6.45, 7) is 0. The molecule has 0 nitrogen and oxygen atoms in total. The molecule has 0 N–H and O–H groups in total. The Morgan fingerprint density at radius 1 is 1.22 bits per heavy atom. The van der Waals surface area contributed by atoms with Crippen LogP contribution in [0.15, 0.2) is 0 Å². The zero-order valence-corrected chi connectivity index (χ0v) is 6.04. The van der Waals surface area contributed by atoms with Crippen molar-refractivity contribution in [1.29, 1.82) is 0 Å². The van der Waals surface area contributed by atoms with Crippen LogP contribution in [0.3, 0.4) is 0 Å². The molecular weight excluding hydrogens is 132 g/mol. The van der Waals surface area contributed by atoms with Crippen molar-refractivity contribution in [2.45, 2.75) is 19.3 Å². The van der Waals surface area contributed by atoms with Crippen LogP contribution in [0.1, 0.15) is 19.3 Å². The second-order valence-corrected chi connectivity index (χ2v) is 1.81. The SMILES string of the molecule is C#CCCCC#CCCl. The van der Waals surface area contributed by atoms with Crippen molar-refractivity contribution in [2.75, 3.05) is 5.88 Å². The van der Waals surface area contributed by atoms with Crippen LogP contribution in [-0.4, -0.2) is 5.88 Å². The van der Waals surface area contributed by atoms with E-state index in [9.17, 15) is 0 Å². The molecule has 0 aromatic rings. The third-order valence-electron chi connectivity index (χ3n) is 0.815. The topological polar surface area (TPSA) is 0 Å². The van der Waals surface area contributed by atoms with E-state index in [1.165, 1.54) is 0 Å². The molecular formula is C8H9Cl. The molecule has 1 heteroatoms. The van der Waals surface area contributed by atoms with Gasteiger partial charge in [0.05, 0.1) is 5.88 Å². The Hall–Kier alpha value is -0.590. The Morgan fingerprint density at radius 2 is 2.00 bits per heavy atom. The predicted octanol–water partition coefficient (Wildman–Crippen LogP) is 2.03. The largest absolute Gasteiger partial charge is 0.120 e. The van der Waals surface area contributed by atoms with Crippen molar-refractivity contribution in [3.05, 3.63) is 0 Å². The first-order valence-corrected chi connectivity index (χ1v) is 3.40. The maximum absolute atomic E-state index is 5.30. The molecule has 0 saturated carbocycles. The van der Waals surface area contributed by atoms with E-state index in [4.69, 9.17) is 18.0 Å². The van der Waals surface area contributed by atoms with Gasteiger partial charge in [-0.05, 0) is 6.42 Å². The third kappa shape index (κ3) is 7.41. The quantitative estimate of drug-likeness (QED) is 0.313. The second kappa shape index (κ2) is 7.41. The van der Waals surface area contributed by atoms with Crippen molar-refractivity contribution in [3.8, 4) is 24.2 Å². The first kappa shape index (κ1) is 8.41. The normalized spacial score (nSPS) is 7.11. The lowest BCUT2D eigenvalue weighted by Gasteiger charge is -1.81. The van der Waals surface area contributed by atoms with Gasteiger partial charge in [0.1, 0.15) is 0 Å². The number of halogens is 1. The molecule has 0 aliphatic carbocycles. The molecule has 0 radical (unpaired) electrons. The van der Waals surface area contributed by atoms with Gasteiger partial charge in [-0.15, -0.1) is 29.9 Å². The molecule has 0 aliphatic rings. The van der Waals surface area contributed by atoms with Gasteiger partial charge in [0, 0.05) is 12.8 Å². The van der Waals surface area contributed by atoms with Gasteiger partial charge in [0.2, 0.25) is 0 Å². The fourth-order valence-electron chi connectivity index (χ4n) is 0.414. The van der Waals surface area contributed by atoms with E-state index in [1.807, 2.05) is 0 Å². The summed E-state index contributed by atoms with van der Waals surface area (Å²) < 4.78 is 0. The highest BCUT2D eigenvalue weighted by molar-refractivity contribution is 6.19. The summed E-state index contributed by atoms with van der Waals surface area (Å²) in [7, 11) is 0. The minimum absolute atomic E-state index is 0.427. The number of rotatable bonds is 2. The summed E-state index contributed by atoms with van der Waals surface area (Å²) >= 11 is 5.30. The monoisotopic (exact) mass is 140 g/mol. The van der Waals surface area contributed by atoms with E-state index >= 15 is 0 Å². The highest BCUT2D eigenvalue weighted by Crippen LogP contribution is 1.90. The van der Waals surface area contributed by atoms with Crippen LogP contribution in [0.5, 0.6) is 0 Å². The summed E-state index contributed by atoms with van der Waals surface area (Å²) in [6.07, 6.45) is 7.69. The Morgan fingerprint density at radius 3 is 2.56 bits per heavy atom. The average Bonchev–Trinajstić information content (AvgIpc) is 1.89. The van der Waals surface area contributed by atoms with Crippen molar-refractivity contribution in [1.82, 2.24) is 0 Å². The highest BCUT2D eigenvalue weighted by atomic mass is 35.5. The van der Waals surface area contributed by atoms with Crippen LogP contribution in [0.4, 0.5) is 0 Å². The number of unbranched alkanes of at least 4 members (excludes halogenated alkanes) is 2. The summed E-state index contributed by atoms with van der Waals surface area (Å²) in [5, 5.41) is 0. The van der Waals surface area contributed by atoms with Crippen LogP contribution in [0, 0.1) is 24.2 Å². The zero-order valence-electron chi connectivity index (χ0n) is 5.28. The minimum Gasteiger partial charge on any atom is -0.120 e. The van der Waals surface area contributed by atoms with Crippen molar-refractivity contribution >= 4 is 11.6 Å². The first-order chi connectivity index (χ1) is 4.41. The molecule has 0 saturated heterocycles. The molecule has 0 spiro atoms. The van der Waals surface area contributed by atoms with E-state index in [0.29, 0.717) is 5.88 Å². The summed E-state index contributed by atoms with van der Waals surface area (Å²) in [5.41, 5.74) is 0. The Bertz CT molecular complexity index is 142. The molecule has 0 unspecified atom stereocenters. The molecule has 0 rings (SSSR count). The van der Waals surface area contributed by atoms with Gasteiger partial charge in [0.15, 0.2) is 0 Å². The summed E-state index contributed by atoms with van der Waals surface area (Å²) in [6, 6.07) is 0. The summed E-state index contributed by atoms with van der Waals surface area (Å²) in [4.78, 5) is 0. The summed E-state index contributed by atoms with van der Waals surface area (Å²) in [5.74, 6) is 8.62.